The van der Waals surface area contributed by atoms with Gasteiger partial charge in [0.25, 0.3) is 0 Å². The van der Waals surface area contributed by atoms with Crippen LogP contribution in [0.5, 0.6) is 0 Å². The molecule has 1 heterocycles. The Labute approximate surface area is 190 Å². The molecule has 8 heteroatoms. The minimum Gasteiger partial charge on any atom is -0.493 e. The maximum absolute atomic E-state index is 13.7. The van der Waals surface area contributed by atoms with E-state index in [0.717, 1.165) is 0 Å². The average Bonchev–Trinajstić information content (AvgIpc) is 2.87. The number of carbonyl (C=O) groups excluding carboxylic acids is 4. The molecule has 1 aliphatic heterocycles. The fraction of sp³-hybridized carbons (Fsp3) is 0.667. The molecule has 1 N–H and O–H groups in total. The van der Waals surface area contributed by atoms with Crippen LogP contribution in [0, 0.1) is 16.7 Å². The molecule has 1 unspecified atom stereocenters. The number of hydrogen-bond acceptors (Lipinski definition) is 6. The quantitative estimate of drug-likeness (QED) is 0.626. The number of rotatable bonds is 6. The Morgan fingerprint density at radius 1 is 1.22 bits per heavy atom. The lowest BCUT2D eigenvalue weighted by molar-refractivity contribution is -0.149. The van der Waals surface area contributed by atoms with Gasteiger partial charge in [-0.3, -0.25) is 19.2 Å². The summed E-state index contributed by atoms with van der Waals surface area (Å²) in [6, 6.07) is -0.774. The monoisotopic (exact) mass is 448 g/mol. The maximum Gasteiger partial charge on any atom is 0.306 e. The predicted molar refractivity (Wildman–Crippen MR) is 119 cm³/mol. The third-order valence-corrected chi connectivity index (χ3v) is 5.64. The summed E-state index contributed by atoms with van der Waals surface area (Å²) in [5, 5.41) is 2.98. The zero-order chi connectivity index (χ0) is 24.5. The summed E-state index contributed by atoms with van der Waals surface area (Å²) in [6.07, 6.45) is 4.47. The van der Waals surface area contributed by atoms with Gasteiger partial charge in [0.1, 0.15) is 6.04 Å². The van der Waals surface area contributed by atoms with Crippen LogP contribution in [0.4, 0.5) is 0 Å². The summed E-state index contributed by atoms with van der Waals surface area (Å²) >= 11 is 0. The molecule has 0 aromatic heterocycles. The number of esters is 1. The van der Waals surface area contributed by atoms with Crippen LogP contribution in [0.2, 0.25) is 0 Å². The fourth-order valence-electron chi connectivity index (χ4n) is 4.39. The molecule has 1 fully saturated rings. The standard InChI is InChI=1S/C24H36N2O6/c1-9-32-18(28)12-15-21(30)26(14-24(15)11-10-16(27)17(13-24)31-8)19(22(2,3)4)20(29)25-23(5,6)7/h10-11,13,15,19H,9,12,14H2,1-8H3,(H,25,29)/t15-,19?,24+/m1/s1. The SMILES string of the molecule is CCOC(=O)C[C@@H]1C(=O)N(C(C(=O)NC(C)(C)C)C(C)(C)C)C[C@@]12C=CC(=O)C(OC)=C2. The molecule has 178 valence electrons. The van der Waals surface area contributed by atoms with Gasteiger partial charge < -0.3 is 19.7 Å². The van der Waals surface area contributed by atoms with Crippen molar-refractivity contribution >= 4 is 23.6 Å². The van der Waals surface area contributed by atoms with Gasteiger partial charge in [-0.15, -0.1) is 0 Å². The molecule has 1 spiro atoms. The van der Waals surface area contributed by atoms with Crippen LogP contribution in [0.1, 0.15) is 54.9 Å². The van der Waals surface area contributed by atoms with E-state index in [9.17, 15) is 19.2 Å². The molecule has 2 aliphatic rings. The largest absolute Gasteiger partial charge is 0.493 e. The fourth-order valence-corrected chi connectivity index (χ4v) is 4.39. The number of nitrogens with zero attached hydrogens (tertiary/aromatic N) is 1. The molecule has 0 aromatic carbocycles. The molecule has 32 heavy (non-hydrogen) atoms. The zero-order valence-electron chi connectivity index (χ0n) is 20.4. The van der Waals surface area contributed by atoms with E-state index in [2.05, 4.69) is 5.32 Å². The number of amides is 2. The summed E-state index contributed by atoms with van der Waals surface area (Å²) in [5.74, 6) is -2.11. The molecule has 2 amide bonds. The second kappa shape index (κ2) is 9.08. The maximum atomic E-state index is 13.7. The summed E-state index contributed by atoms with van der Waals surface area (Å²) < 4.78 is 10.3. The van der Waals surface area contributed by atoms with Crippen LogP contribution in [0.3, 0.4) is 0 Å². The second-order valence-electron chi connectivity index (χ2n) is 10.6. The van der Waals surface area contributed by atoms with Crippen molar-refractivity contribution in [2.45, 2.75) is 66.5 Å². The van der Waals surface area contributed by atoms with Crippen LogP contribution < -0.4 is 5.32 Å². The molecular formula is C24H36N2O6. The van der Waals surface area contributed by atoms with Crippen LogP contribution in [-0.2, 0) is 28.7 Å². The van der Waals surface area contributed by atoms with Crippen LogP contribution in [0.15, 0.2) is 24.0 Å². The lowest BCUT2D eigenvalue weighted by Gasteiger charge is -2.39. The van der Waals surface area contributed by atoms with E-state index in [-0.39, 0.29) is 42.9 Å². The Balaban J connectivity index is 2.55. The van der Waals surface area contributed by atoms with E-state index in [1.54, 1.807) is 19.1 Å². The molecule has 8 nitrogen and oxygen atoms in total. The highest BCUT2D eigenvalue weighted by molar-refractivity contribution is 6.04. The van der Waals surface area contributed by atoms with Crippen molar-refractivity contribution in [1.82, 2.24) is 10.2 Å². The third kappa shape index (κ3) is 5.40. The predicted octanol–water partition coefficient (Wildman–Crippen LogP) is 2.38. The van der Waals surface area contributed by atoms with E-state index >= 15 is 0 Å². The average molecular weight is 449 g/mol. The number of carbonyl (C=O) groups is 4. The Hall–Kier alpha value is -2.64. The lowest BCUT2D eigenvalue weighted by Crippen LogP contribution is -2.58. The first-order valence-electron chi connectivity index (χ1n) is 10.9. The van der Waals surface area contributed by atoms with Crippen molar-refractivity contribution in [1.29, 1.82) is 0 Å². The second-order valence-corrected chi connectivity index (χ2v) is 10.6. The summed E-state index contributed by atoms with van der Waals surface area (Å²) in [6.45, 7) is 13.4. The van der Waals surface area contributed by atoms with Gasteiger partial charge in [0.15, 0.2) is 5.76 Å². The van der Waals surface area contributed by atoms with Crippen LogP contribution in [0.25, 0.3) is 0 Å². The summed E-state index contributed by atoms with van der Waals surface area (Å²) in [4.78, 5) is 53.1. The number of likely N-dealkylation sites (tertiary alicyclic amines) is 1. The van der Waals surface area contributed by atoms with Gasteiger partial charge in [-0.05, 0) is 45.3 Å². The molecule has 3 atom stereocenters. The minimum atomic E-state index is -0.964. The van der Waals surface area contributed by atoms with E-state index in [0.29, 0.717) is 0 Å². The third-order valence-electron chi connectivity index (χ3n) is 5.64. The number of allylic oxidation sites excluding steroid dienone is 1. The highest BCUT2D eigenvalue weighted by atomic mass is 16.5. The van der Waals surface area contributed by atoms with Crippen molar-refractivity contribution in [2.75, 3.05) is 20.3 Å². The highest BCUT2D eigenvalue weighted by Crippen LogP contribution is 2.47. The summed E-state index contributed by atoms with van der Waals surface area (Å²) in [7, 11) is 1.39. The lowest BCUT2D eigenvalue weighted by atomic mass is 9.73. The first-order valence-corrected chi connectivity index (χ1v) is 10.9. The molecule has 0 radical (unpaired) electrons. The Morgan fingerprint density at radius 3 is 2.34 bits per heavy atom. The Morgan fingerprint density at radius 2 is 1.84 bits per heavy atom. The van der Waals surface area contributed by atoms with Gasteiger partial charge in [-0.1, -0.05) is 26.8 Å². The van der Waals surface area contributed by atoms with E-state index in [1.165, 1.54) is 18.1 Å². The van der Waals surface area contributed by atoms with Crippen molar-refractivity contribution in [3.05, 3.63) is 24.0 Å². The molecule has 1 aliphatic carbocycles. The van der Waals surface area contributed by atoms with Crippen LogP contribution in [-0.4, -0.2) is 60.3 Å². The number of ketones is 1. The number of methoxy groups -OCH3 is 1. The molecular weight excluding hydrogens is 412 g/mol. The Bertz CT molecular complexity index is 846. The van der Waals surface area contributed by atoms with Crippen molar-refractivity contribution in [3.8, 4) is 0 Å². The van der Waals surface area contributed by atoms with E-state index in [4.69, 9.17) is 9.47 Å². The summed E-state index contributed by atoms with van der Waals surface area (Å²) in [5.41, 5.74) is -2.02. The normalized spacial score (nSPS) is 24.4. The molecule has 0 saturated carbocycles. The molecule has 1 saturated heterocycles. The van der Waals surface area contributed by atoms with Crippen molar-refractivity contribution in [2.24, 2.45) is 16.7 Å². The van der Waals surface area contributed by atoms with Gasteiger partial charge in [-0.25, -0.2) is 0 Å². The Kier molecular flexibility index (Phi) is 7.27. The number of hydrogen-bond donors (Lipinski definition) is 1. The van der Waals surface area contributed by atoms with Gasteiger partial charge >= 0.3 is 5.97 Å². The van der Waals surface area contributed by atoms with Crippen LogP contribution >= 0.6 is 0 Å². The molecule has 2 rings (SSSR count). The molecule has 0 bridgehead atoms. The van der Waals surface area contributed by atoms with Crippen molar-refractivity contribution < 1.29 is 28.7 Å². The smallest absolute Gasteiger partial charge is 0.306 e. The number of nitrogens with one attached hydrogen (secondary N) is 1. The van der Waals surface area contributed by atoms with Gasteiger partial charge in [0.2, 0.25) is 17.6 Å². The van der Waals surface area contributed by atoms with E-state index < -0.39 is 34.3 Å². The topological polar surface area (TPSA) is 102 Å². The first kappa shape index (κ1) is 25.6. The first-order chi connectivity index (χ1) is 14.6. The van der Waals surface area contributed by atoms with E-state index in [1.807, 2.05) is 41.5 Å². The number of ether oxygens (including phenoxy) is 2. The van der Waals surface area contributed by atoms with Gasteiger partial charge in [-0.2, -0.15) is 0 Å². The zero-order valence-corrected chi connectivity index (χ0v) is 20.4. The molecule has 0 aromatic rings. The minimum absolute atomic E-state index is 0.113. The van der Waals surface area contributed by atoms with Gasteiger partial charge in [0, 0.05) is 17.5 Å². The van der Waals surface area contributed by atoms with Crippen molar-refractivity contribution in [3.63, 3.8) is 0 Å². The van der Waals surface area contributed by atoms with Gasteiger partial charge in [0.05, 0.1) is 26.1 Å². The highest BCUT2D eigenvalue weighted by Gasteiger charge is 2.56.